The Morgan fingerprint density at radius 3 is 2.71 bits per heavy atom. The molecule has 0 atom stereocenters. The standard InChI is InChI=1S/C12H12N4O5/c1-7(17)10-8(16(18)19)6-9-11(13-10)14-12(21-9)15-2-4-20-5-3-15/h6H,2-5H2,1H3. The number of morpholine rings is 1. The zero-order valence-electron chi connectivity index (χ0n) is 11.2. The minimum Gasteiger partial charge on any atom is -0.421 e. The molecule has 9 heteroatoms. The maximum Gasteiger partial charge on any atom is 0.302 e. The Bertz CT molecular complexity index is 669. The summed E-state index contributed by atoms with van der Waals surface area (Å²) in [5.41, 5.74) is -0.213. The SMILES string of the molecule is CC(=O)c1nc2nc(N3CCOCC3)oc2cc1[N+](=O)[O-]. The average Bonchev–Trinajstić information content (AvgIpc) is 2.89. The molecule has 1 saturated heterocycles. The van der Waals surface area contributed by atoms with Crippen LogP contribution >= 0.6 is 0 Å². The maximum absolute atomic E-state index is 11.5. The molecule has 0 saturated carbocycles. The van der Waals surface area contributed by atoms with E-state index in [0.717, 1.165) is 0 Å². The first-order valence-electron chi connectivity index (χ1n) is 6.36. The second-order valence-corrected chi connectivity index (χ2v) is 4.59. The minimum atomic E-state index is -0.653. The second-order valence-electron chi connectivity index (χ2n) is 4.59. The molecule has 2 aromatic rings. The number of oxazole rings is 1. The fourth-order valence-electron chi connectivity index (χ4n) is 2.13. The lowest BCUT2D eigenvalue weighted by Crippen LogP contribution is -2.36. The predicted molar refractivity (Wildman–Crippen MR) is 71.5 cm³/mol. The smallest absolute Gasteiger partial charge is 0.302 e. The van der Waals surface area contributed by atoms with Crippen molar-refractivity contribution in [2.45, 2.75) is 6.92 Å². The first-order valence-corrected chi connectivity index (χ1v) is 6.36. The number of pyridine rings is 1. The normalized spacial score (nSPS) is 15.4. The van der Waals surface area contributed by atoms with Crippen molar-refractivity contribution in [3.8, 4) is 0 Å². The van der Waals surface area contributed by atoms with Crippen LogP contribution < -0.4 is 4.90 Å². The molecule has 0 aliphatic carbocycles. The molecule has 1 aliphatic heterocycles. The number of nitro groups is 1. The Hall–Kier alpha value is -2.55. The fourth-order valence-corrected chi connectivity index (χ4v) is 2.13. The molecule has 0 amide bonds. The summed E-state index contributed by atoms with van der Waals surface area (Å²) in [6.07, 6.45) is 0. The quantitative estimate of drug-likeness (QED) is 0.470. The molecule has 0 unspecified atom stereocenters. The van der Waals surface area contributed by atoms with E-state index in [2.05, 4.69) is 9.97 Å². The van der Waals surface area contributed by atoms with Gasteiger partial charge in [0.15, 0.2) is 17.1 Å². The number of hydrogen-bond acceptors (Lipinski definition) is 8. The Kier molecular flexibility index (Phi) is 3.26. The third kappa shape index (κ3) is 2.42. The lowest BCUT2D eigenvalue weighted by atomic mass is 10.2. The zero-order chi connectivity index (χ0) is 15.0. The van der Waals surface area contributed by atoms with Crippen LogP contribution in [0.5, 0.6) is 0 Å². The molecule has 21 heavy (non-hydrogen) atoms. The number of ether oxygens (including phenoxy) is 1. The van der Waals surface area contributed by atoms with Crippen molar-refractivity contribution < 1.29 is 18.9 Å². The van der Waals surface area contributed by atoms with E-state index in [0.29, 0.717) is 32.3 Å². The van der Waals surface area contributed by atoms with E-state index < -0.39 is 10.7 Å². The topological polar surface area (TPSA) is 112 Å². The number of carbonyl (C=O) groups excluding carboxylic acids is 1. The third-order valence-corrected chi connectivity index (χ3v) is 3.16. The highest BCUT2D eigenvalue weighted by atomic mass is 16.6. The molecule has 1 fully saturated rings. The first-order chi connectivity index (χ1) is 10.1. The van der Waals surface area contributed by atoms with Gasteiger partial charge in [-0.2, -0.15) is 4.98 Å². The Labute approximate surface area is 118 Å². The van der Waals surface area contributed by atoms with Gasteiger partial charge in [-0.15, -0.1) is 0 Å². The number of ketones is 1. The summed E-state index contributed by atoms with van der Waals surface area (Å²) >= 11 is 0. The summed E-state index contributed by atoms with van der Waals surface area (Å²) in [6, 6.07) is 1.52. The Morgan fingerprint density at radius 1 is 1.38 bits per heavy atom. The van der Waals surface area contributed by atoms with Crippen LogP contribution in [0.3, 0.4) is 0 Å². The molecule has 3 heterocycles. The lowest BCUT2D eigenvalue weighted by Gasteiger charge is -2.24. The molecule has 0 N–H and O–H groups in total. The van der Waals surface area contributed by atoms with Crippen LogP contribution in [0.25, 0.3) is 11.2 Å². The zero-order valence-corrected chi connectivity index (χ0v) is 11.2. The molecule has 0 bridgehead atoms. The first kappa shape index (κ1) is 13.4. The van der Waals surface area contributed by atoms with Crippen molar-refractivity contribution in [1.29, 1.82) is 0 Å². The van der Waals surface area contributed by atoms with Crippen LogP contribution in [-0.4, -0.2) is 47.0 Å². The van der Waals surface area contributed by atoms with Crippen molar-refractivity contribution in [3.05, 3.63) is 21.9 Å². The van der Waals surface area contributed by atoms with Crippen LogP contribution in [0, 0.1) is 10.1 Å². The van der Waals surface area contributed by atoms with E-state index in [1.807, 2.05) is 4.90 Å². The molecule has 0 spiro atoms. The summed E-state index contributed by atoms with van der Waals surface area (Å²) < 4.78 is 10.7. The highest BCUT2D eigenvalue weighted by molar-refractivity contribution is 5.98. The van der Waals surface area contributed by atoms with Gasteiger partial charge in [0.05, 0.1) is 24.2 Å². The van der Waals surface area contributed by atoms with E-state index in [9.17, 15) is 14.9 Å². The number of fused-ring (bicyclic) bond motifs is 1. The van der Waals surface area contributed by atoms with Crippen LogP contribution in [0.4, 0.5) is 11.7 Å². The minimum absolute atomic E-state index is 0.187. The van der Waals surface area contributed by atoms with Gasteiger partial charge in [0.25, 0.3) is 6.01 Å². The summed E-state index contributed by atoms with van der Waals surface area (Å²) in [7, 11) is 0. The van der Waals surface area contributed by atoms with Crippen LogP contribution in [0.1, 0.15) is 17.4 Å². The number of Topliss-reactive ketones (excluding diaryl/α,β-unsaturated/α-hetero) is 1. The molecule has 0 radical (unpaired) electrons. The summed E-state index contributed by atoms with van der Waals surface area (Å²) in [4.78, 5) is 31.8. The predicted octanol–water partition coefficient (Wildman–Crippen LogP) is 1.17. The number of aromatic nitrogens is 2. The lowest BCUT2D eigenvalue weighted by molar-refractivity contribution is -0.385. The van der Waals surface area contributed by atoms with Crippen LogP contribution in [0.2, 0.25) is 0 Å². The Morgan fingerprint density at radius 2 is 2.10 bits per heavy atom. The molecular formula is C12H12N4O5. The molecule has 0 aromatic carbocycles. The van der Waals surface area contributed by atoms with Crippen molar-refractivity contribution in [2.24, 2.45) is 0 Å². The number of carbonyl (C=O) groups is 1. The van der Waals surface area contributed by atoms with Crippen molar-refractivity contribution in [1.82, 2.24) is 9.97 Å². The van der Waals surface area contributed by atoms with Crippen molar-refractivity contribution >= 4 is 28.7 Å². The number of nitrogens with zero attached hydrogens (tertiary/aromatic N) is 4. The van der Waals surface area contributed by atoms with Gasteiger partial charge in [-0.3, -0.25) is 14.9 Å². The third-order valence-electron chi connectivity index (χ3n) is 3.16. The van der Waals surface area contributed by atoms with Gasteiger partial charge in [-0.05, 0) is 0 Å². The Balaban J connectivity index is 2.08. The van der Waals surface area contributed by atoms with E-state index in [1.54, 1.807) is 0 Å². The van der Waals surface area contributed by atoms with E-state index in [1.165, 1.54) is 13.0 Å². The molecule has 3 rings (SSSR count). The van der Waals surface area contributed by atoms with Gasteiger partial charge in [-0.1, -0.05) is 0 Å². The van der Waals surface area contributed by atoms with Gasteiger partial charge in [0.1, 0.15) is 0 Å². The van der Waals surface area contributed by atoms with Gasteiger partial charge in [0, 0.05) is 20.0 Å². The highest BCUT2D eigenvalue weighted by Gasteiger charge is 2.24. The van der Waals surface area contributed by atoms with Crippen LogP contribution in [0.15, 0.2) is 10.5 Å². The summed E-state index contributed by atoms with van der Waals surface area (Å²) in [5, 5.41) is 11.0. The van der Waals surface area contributed by atoms with Gasteiger partial charge in [0.2, 0.25) is 5.65 Å². The van der Waals surface area contributed by atoms with Crippen LogP contribution in [-0.2, 0) is 4.74 Å². The van der Waals surface area contributed by atoms with E-state index in [4.69, 9.17) is 9.15 Å². The molecule has 9 nitrogen and oxygen atoms in total. The maximum atomic E-state index is 11.5. The summed E-state index contributed by atoms with van der Waals surface area (Å²) in [6.45, 7) is 3.59. The largest absolute Gasteiger partial charge is 0.421 e. The molecule has 2 aromatic heterocycles. The molecular weight excluding hydrogens is 280 g/mol. The monoisotopic (exact) mass is 292 g/mol. The second kappa shape index (κ2) is 5.09. The summed E-state index contributed by atoms with van der Waals surface area (Å²) in [5.74, 6) is -0.487. The number of anilines is 1. The number of hydrogen-bond donors (Lipinski definition) is 0. The van der Waals surface area contributed by atoms with Crippen molar-refractivity contribution in [3.63, 3.8) is 0 Å². The van der Waals surface area contributed by atoms with Gasteiger partial charge < -0.3 is 14.1 Å². The van der Waals surface area contributed by atoms with Gasteiger partial charge in [-0.25, -0.2) is 4.98 Å². The average molecular weight is 292 g/mol. The molecule has 110 valence electrons. The highest BCUT2D eigenvalue weighted by Crippen LogP contribution is 2.27. The number of rotatable bonds is 3. The van der Waals surface area contributed by atoms with Gasteiger partial charge >= 0.3 is 5.69 Å². The van der Waals surface area contributed by atoms with Crippen molar-refractivity contribution in [2.75, 3.05) is 31.2 Å². The molecule has 1 aliphatic rings. The van der Waals surface area contributed by atoms with E-state index >= 15 is 0 Å². The van der Waals surface area contributed by atoms with E-state index in [-0.39, 0.29) is 22.6 Å². The fraction of sp³-hybridized carbons (Fsp3) is 0.417.